The van der Waals surface area contributed by atoms with Crippen molar-refractivity contribution in [2.75, 3.05) is 5.73 Å². The third-order valence-electron chi connectivity index (χ3n) is 4.39. The number of nitrogens with two attached hydrogens (primary N) is 1. The molecule has 0 heterocycles. The monoisotopic (exact) mass is 421 g/mol. The first-order chi connectivity index (χ1) is 12.4. The number of alkyl halides is 9. The Morgan fingerprint density at radius 1 is 0.750 bits per heavy atom. The zero-order valence-electron chi connectivity index (χ0n) is 13.8. The van der Waals surface area contributed by atoms with Gasteiger partial charge in [0.2, 0.25) is 0 Å². The fourth-order valence-corrected chi connectivity index (χ4v) is 2.60. The Hall–Kier alpha value is -2.21. The van der Waals surface area contributed by atoms with Gasteiger partial charge in [-0.3, -0.25) is 0 Å². The van der Waals surface area contributed by atoms with Crippen LogP contribution in [-0.4, -0.2) is 28.7 Å². The summed E-state index contributed by atoms with van der Waals surface area (Å²) in [4.78, 5) is 0. The van der Waals surface area contributed by atoms with Crippen molar-refractivity contribution >= 4 is 16.5 Å². The lowest BCUT2D eigenvalue weighted by atomic mass is 9.87. The molecule has 3 nitrogen and oxygen atoms in total. The Balaban J connectivity index is 2.76. The van der Waals surface area contributed by atoms with Crippen LogP contribution in [-0.2, 0) is 11.2 Å². The van der Waals surface area contributed by atoms with Gasteiger partial charge in [0.25, 0.3) is 5.60 Å². The first-order valence-electron chi connectivity index (χ1n) is 7.34. The minimum atomic E-state index is -6.17. The second kappa shape index (κ2) is 6.14. The number of anilines is 1. The minimum Gasteiger partial charge on any atom is -0.398 e. The van der Waals surface area contributed by atoms with Crippen LogP contribution >= 0.6 is 0 Å². The zero-order chi connectivity index (χ0) is 21.9. The summed E-state index contributed by atoms with van der Waals surface area (Å²) in [5.41, 5.74) is -6.75. The molecule has 2 rings (SSSR count). The summed E-state index contributed by atoms with van der Waals surface area (Å²) in [6.07, 6.45) is -17.4. The molecule has 0 fully saturated rings. The van der Waals surface area contributed by atoms with E-state index in [9.17, 15) is 49.7 Å². The van der Waals surface area contributed by atoms with Gasteiger partial charge in [0.05, 0.1) is 0 Å². The number of rotatable bonds is 2. The van der Waals surface area contributed by atoms with E-state index in [-0.39, 0.29) is 11.5 Å². The quantitative estimate of drug-likeness (QED) is 0.494. The highest BCUT2D eigenvalue weighted by molar-refractivity contribution is 5.95. The van der Waals surface area contributed by atoms with Gasteiger partial charge in [-0.15, -0.1) is 0 Å². The van der Waals surface area contributed by atoms with Gasteiger partial charge >= 0.3 is 18.5 Å². The molecule has 12 heteroatoms. The molecule has 1 atom stereocenters. The van der Waals surface area contributed by atoms with Gasteiger partial charge in [0.15, 0.2) is 5.60 Å². The maximum atomic E-state index is 13.0. The van der Waals surface area contributed by atoms with E-state index in [2.05, 4.69) is 0 Å². The molecule has 4 N–H and O–H groups in total. The van der Waals surface area contributed by atoms with Crippen LogP contribution in [0, 0.1) is 0 Å². The molecule has 1 unspecified atom stereocenters. The molecule has 0 aliphatic carbocycles. The average molecular weight is 421 g/mol. The van der Waals surface area contributed by atoms with Gasteiger partial charge in [-0.05, 0) is 23.9 Å². The van der Waals surface area contributed by atoms with Crippen LogP contribution in [0.2, 0.25) is 0 Å². The number of hydrogen-bond donors (Lipinski definition) is 3. The molecular weight excluding hydrogens is 409 g/mol. The smallest absolute Gasteiger partial charge is 0.398 e. The van der Waals surface area contributed by atoms with E-state index < -0.39 is 51.9 Å². The van der Waals surface area contributed by atoms with Crippen molar-refractivity contribution in [1.29, 1.82) is 0 Å². The lowest BCUT2D eigenvalue weighted by Gasteiger charge is -2.34. The lowest BCUT2D eigenvalue weighted by molar-refractivity contribution is -0.375. The molecule has 0 bridgehead atoms. The Morgan fingerprint density at radius 2 is 1.25 bits per heavy atom. The Labute approximate surface area is 151 Å². The summed E-state index contributed by atoms with van der Waals surface area (Å²) >= 11 is 0. The molecule has 0 aliphatic heterocycles. The van der Waals surface area contributed by atoms with Gasteiger partial charge in [-0.1, -0.05) is 24.3 Å². The van der Waals surface area contributed by atoms with Crippen LogP contribution in [0.25, 0.3) is 10.8 Å². The lowest BCUT2D eigenvalue weighted by Crippen LogP contribution is -2.54. The fraction of sp³-hybridized carbons (Fsp3) is 0.375. The van der Waals surface area contributed by atoms with Crippen LogP contribution in [0.1, 0.15) is 18.1 Å². The Morgan fingerprint density at radius 3 is 1.68 bits per heavy atom. The molecule has 0 spiro atoms. The molecule has 2 aromatic rings. The van der Waals surface area contributed by atoms with Crippen LogP contribution < -0.4 is 5.73 Å². The van der Waals surface area contributed by atoms with E-state index in [1.54, 1.807) is 0 Å². The van der Waals surface area contributed by atoms with Crippen LogP contribution in [0.3, 0.4) is 0 Å². The summed E-state index contributed by atoms with van der Waals surface area (Å²) in [5.74, 6) is 0. The highest BCUT2D eigenvalue weighted by Crippen LogP contribution is 2.52. The first kappa shape index (κ1) is 22.1. The molecule has 0 radical (unpaired) electrons. The number of fused-ring (bicyclic) bond motifs is 1. The molecule has 0 amide bonds. The standard InChI is InChI=1S/C16H12F9NO2/c1-12(27,14(17,18)19)8-3-4-9-7(6-8)2-5-10(11(9)26)13(28,15(20,21)22)16(23,24)25/h2-6,27-28H,26H2,1H3. The van der Waals surface area contributed by atoms with Crippen molar-refractivity contribution in [2.45, 2.75) is 36.7 Å². The van der Waals surface area contributed by atoms with E-state index in [4.69, 9.17) is 5.73 Å². The van der Waals surface area contributed by atoms with E-state index in [0.29, 0.717) is 19.1 Å². The van der Waals surface area contributed by atoms with Crippen molar-refractivity contribution < 1.29 is 49.7 Å². The van der Waals surface area contributed by atoms with Gasteiger partial charge < -0.3 is 15.9 Å². The third kappa shape index (κ3) is 3.13. The topological polar surface area (TPSA) is 66.5 Å². The molecule has 0 aliphatic rings. The summed E-state index contributed by atoms with van der Waals surface area (Å²) < 4.78 is 117. The molecule has 0 saturated carbocycles. The van der Waals surface area contributed by atoms with Crippen molar-refractivity contribution in [3.8, 4) is 0 Å². The predicted molar refractivity (Wildman–Crippen MR) is 80.0 cm³/mol. The second-order valence-electron chi connectivity index (χ2n) is 6.24. The Bertz CT molecular complexity index is 884. The maximum absolute atomic E-state index is 13.0. The third-order valence-corrected chi connectivity index (χ3v) is 4.39. The molecule has 0 saturated heterocycles. The number of benzene rings is 2. The van der Waals surface area contributed by atoms with Crippen molar-refractivity contribution in [3.05, 3.63) is 41.5 Å². The summed E-state index contributed by atoms with van der Waals surface area (Å²) in [7, 11) is 0. The molecule has 28 heavy (non-hydrogen) atoms. The molecule has 156 valence electrons. The molecule has 2 aromatic carbocycles. The highest BCUT2D eigenvalue weighted by atomic mass is 19.4. The zero-order valence-corrected chi connectivity index (χ0v) is 13.8. The first-order valence-corrected chi connectivity index (χ1v) is 7.34. The maximum Gasteiger partial charge on any atom is 0.430 e. The molecule has 0 aromatic heterocycles. The van der Waals surface area contributed by atoms with E-state index in [1.165, 1.54) is 0 Å². The number of halogens is 9. The largest absolute Gasteiger partial charge is 0.430 e. The number of aliphatic hydroxyl groups is 2. The van der Waals surface area contributed by atoms with Crippen molar-refractivity contribution in [3.63, 3.8) is 0 Å². The average Bonchev–Trinajstić information content (AvgIpc) is 2.51. The highest BCUT2D eigenvalue weighted by Gasteiger charge is 2.72. The van der Waals surface area contributed by atoms with Gasteiger partial charge in [0.1, 0.15) is 0 Å². The van der Waals surface area contributed by atoms with Crippen molar-refractivity contribution in [2.24, 2.45) is 0 Å². The van der Waals surface area contributed by atoms with Crippen molar-refractivity contribution in [1.82, 2.24) is 0 Å². The summed E-state index contributed by atoms with van der Waals surface area (Å²) in [6, 6.07) is 2.99. The van der Waals surface area contributed by atoms with Gasteiger partial charge in [-0.25, -0.2) is 0 Å². The number of hydrogen-bond acceptors (Lipinski definition) is 3. The number of nitrogen functional groups attached to an aromatic ring is 1. The normalized spacial score (nSPS) is 16.3. The van der Waals surface area contributed by atoms with Crippen LogP contribution in [0.4, 0.5) is 45.2 Å². The van der Waals surface area contributed by atoms with Crippen LogP contribution in [0.15, 0.2) is 30.3 Å². The van der Waals surface area contributed by atoms with E-state index in [0.717, 1.165) is 12.1 Å². The summed E-state index contributed by atoms with van der Waals surface area (Å²) in [6.45, 7) is 0.429. The predicted octanol–water partition coefficient (Wildman–Crippen LogP) is 4.50. The second-order valence-corrected chi connectivity index (χ2v) is 6.24. The fourth-order valence-electron chi connectivity index (χ4n) is 2.60. The Kier molecular flexibility index (Phi) is 4.84. The SMILES string of the molecule is CC(O)(c1ccc2c(N)c(C(O)(C(F)(F)F)C(F)(F)F)ccc2c1)C(F)(F)F. The summed E-state index contributed by atoms with van der Waals surface area (Å²) in [5, 5.41) is 18.4. The van der Waals surface area contributed by atoms with Gasteiger partial charge in [0, 0.05) is 16.6 Å². The van der Waals surface area contributed by atoms with Gasteiger partial charge in [-0.2, -0.15) is 39.5 Å². The van der Waals surface area contributed by atoms with E-state index in [1.807, 2.05) is 0 Å². The minimum absolute atomic E-state index is 0.227. The van der Waals surface area contributed by atoms with E-state index >= 15 is 0 Å². The molecular formula is C16H12F9NO2. The van der Waals surface area contributed by atoms with Crippen LogP contribution in [0.5, 0.6) is 0 Å².